The Morgan fingerprint density at radius 1 is 1.19 bits per heavy atom. The van der Waals surface area contributed by atoms with Crippen molar-refractivity contribution >= 4 is 18.2 Å². The van der Waals surface area contributed by atoms with E-state index in [4.69, 9.17) is 26.4 Å². The van der Waals surface area contributed by atoms with Crippen LogP contribution in [0.4, 0.5) is 0 Å². The summed E-state index contributed by atoms with van der Waals surface area (Å²) in [4.78, 5) is 19.3. The average molecular weight is 380 g/mol. The molecule has 0 spiro atoms. The first-order valence-electron chi connectivity index (χ1n) is 8.26. The Balaban J connectivity index is 1.74. The van der Waals surface area contributed by atoms with Gasteiger partial charge in [0.2, 0.25) is 5.88 Å². The third-order valence-corrected chi connectivity index (χ3v) is 4.75. The monoisotopic (exact) mass is 380 g/mol. The standard InChI is InChI=1S/C20H16N2O4S/c1-24-15-5-3-4-13-10-14-18(26-16(13)15)21-17(22-19(14)27)11-6-8-12(9-7-11)20(23)25-2/h3-9H,10H2,1-2H3,(H,21,22,27). The Hall–Kier alpha value is -3.19. The van der Waals surface area contributed by atoms with E-state index in [1.54, 1.807) is 31.4 Å². The Morgan fingerprint density at radius 3 is 2.67 bits per heavy atom. The van der Waals surface area contributed by atoms with Crippen LogP contribution in [0.2, 0.25) is 0 Å². The SMILES string of the molecule is COC(=O)c1ccc(-c2nc(=S)c3c([nH]2)Oc2c(cccc2OC)C3)cc1. The Bertz CT molecular complexity index is 1090. The minimum Gasteiger partial charge on any atom is -0.493 e. The number of ether oxygens (including phenoxy) is 3. The summed E-state index contributed by atoms with van der Waals surface area (Å²) in [6.45, 7) is 0. The minimum atomic E-state index is -0.389. The second-order valence-electron chi connectivity index (χ2n) is 5.99. The molecule has 1 N–H and O–H groups in total. The molecule has 136 valence electrons. The summed E-state index contributed by atoms with van der Waals surface area (Å²) >= 11 is 5.49. The van der Waals surface area contributed by atoms with E-state index in [9.17, 15) is 4.79 Å². The van der Waals surface area contributed by atoms with Gasteiger partial charge in [0.05, 0.1) is 25.3 Å². The molecule has 0 unspecified atom stereocenters. The molecule has 0 saturated carbocycles. The van der Waals surface area contributed by atoms with Crippen molar-refractivity contribution in [2.45, 2.75) is 6.42 Å². The Morgan fingerprint density at radius 2 is 1.96 bits per heavy atom. The number of methoxy groups -OCH3 is 2. The van der Waals surface area contributed by atoms with Gasteiger partial charge >= 0.3 is 5.97 Å². The summed E-state index contributed by atoms with van der Waals surface area (Å²) in [5.41, 5.74) is 3.08. The molecule has 0 fully saturated rings. The number of para-hydroxylation sites is 1. The summed E-state index contributed by atoms with van der Waals surface area (Å²) in [6.07, 6.45) is 0.617. The molecule has 0 saturated heterocycles. The molecule has 2 aromatic carbocycles. The molecule has 2 heterocycles. The zero-order chi connectivity index (χ0) is 19.0. The maximum atomic E-state index is 11.6. The van der Waals surface area contributed by atoms with Crippen LogP contribution in [0.1, 0.15) is 21.5 Å². The summed E-state index contributed by atoms with van der Waals surface area (Å²) in [5.74, 6) is 2.07. The van der Waals surface area contributed by atoms with Crippen LogP contribution < -0.4 is 9.47 Å². The molecule has 0 radical (unpaired) electrons. The smallest absolute Gasteiger partial charge is 0.337 e. The number of carbonyl (C=O) groups is 1. The molecular weight excluding hydrogens is 364 g/mol. The highest BCUT2D eigenvalue weighted by molar-refractivity contribution is 7.71. The second kappa shape index (κ2) is 6.85. The molecule has 27 heavy (non-hydrogen) atoms. The molecule has 3 aromatic rings. The maximum absolute atomic E-state index is 11.6. The largest absolute Gasteiger partial charge is 0.493 e. The molecule has 6 nitrogen and oxygen atoms in total. The first-order valence-corrected chi connectivity index (χ1v) is 8.67. The number of nitrogens with zero attached hydrogens (tertiary/aromatic N) is 1. The van der Waals surface area contributed by atoms with Crippen LogP contribution in [-0.2, 0) is 11.2 Å². The van der Waals surface area contributed by atoms with Crippen molar-refractivity contribution in [3.63, 3.8) is 0 Å². The summed E-state index contributed by atoms with van der Waals surface area (Å²) in [5, 5.41) is 0. The van der Waals surface area contributed by atoms with Crippen molar-refractivity contribution in [2.75, 3.05) is 14.2 Å². The van der Waals surface area contributed by atoms with Gasteiger partial charge in [-0.15, -0.1) is 0 Å². The molecule has 0 bridgehead atoms. The van der Waals surface area contributed by atoms with E-state index >= 15 is 0 Å². The third kappa shape index (κ3) is 3.06. The van der Waals surface area contributed by atoms with E-state index in [1.807, 2.05) is 18.2 Å². The zero-order valence-corrected chi connectivity index (χ0v) is 15.6. The summed E-state index contributed by atoms with van der Waals surface area (Å²) in [6, 6.07) is 12.7. The fourth-order valence-electron chi connectivity index (χ4n) is 3.01. The number of carbonyl (C=O) groups excluding carboxylic acids is 1. The van der Waals surface area contributed by atoms with Crippen LogP contribution in [0.15, 0.2) is 42.5 Å². The molecule has 0 aliphatic carbocycles. The lowest BCUT2D eigenvalue weighted by atomic mass is 10.0. The van der Waals surface area contributed by atoms with E-state index in [-0.39, 0.29) is 5.97 Å². The molecule has 1 aromatic heterocycles. The van der Waals surface area contributed by atoms with E-state index in [0.717, 1.165) is 16.7 Å². The molecular formula is C20H16N2O4S. The molecule has 4 rings (SSSR count). The maximum Gasteiger partial charge on any atom is 0.337 e. The number of aromatic nitrogens is 2. The van der Waals surface area contributed by atoms with E-state index < -0.39 is 0 Å². The number of benzene rings is 2. The highest BCUT2D eigenvalue weighted by Crippen LogP contribution is 2.41. The van der Waals surface area contributed by atoms with Crippen molar-refractivity contribution in [3.05, 3.63) is 63.8 Å². The van der Waals surface area contributed by atoms with Gasteiger partial charge in [-0.1, -0.05) is 36.5 Å². The quantitative estimate of drug-likeness (QED) is 0.422. The number of fused-ring (bicyclic) bond motifs is 2. The fourth-order valence-corrected chi connectivity index (χ4v) is 3.26. The van der Waals surface area contributed by atoms with Crippen LogP contribution in [-0.4, -0.2) is 30.2 Å². The number of rotatable bonds is 3. The predicted molar refractivity (Wildman–Crippen MR) is 102 cm³/mol. The number of aromatic amines is 1. The number of nitrogens with one attached hydrogen (secondary N) is 1. The van der Waals surface area contributed by atoms with Gasteiger partial charge in [-0.2, -0.15) is 0 Å². The van der Waals surface area contributed by atoms with E-state index in [1.165, 1.54) is 7.11 Å². The lowest BCUT2D eigenvalue weighted by Gasteiger charge is -2.22. The highest BCUT2D eigenvalue weighted by Gasteiger charge is 2.23. The number of esters is 1. The van der Waals surface area contributed by atoms with Crippen LogP contribution in [0.25, 0.3) is 11.4 Å². The summed E-state index contributed by atoms with van der Waals surface area (Å²) in [7, 11) is 2.96. The normalized spacial score (nSPS) is 11.8. The first kappa shape index (κ1) is 17.2. The van der Waals surface area contributed by atoms with Crippen LogP contribution in [0.3, 0.4) is 0 Å². The Kier molecular flexibility index (Phi) is 4.37. The van der Waals surface area contributed by atoms with Gasteiger partial charge in [-0.3, -0.25) is 0 Å². The van der Waals surface area contributed by atoms with Gasteiger partial charge in [-0.05, 0) is 18.2 Å². The summed E-state index contributed by atoms with van der Waals surface area (Å²) < 4.78 is 16.7. The van der Waals surface area contributed by atoms with E-state index in [2.05, 4.69) is 9.97 Å². The second-order valence-corrected chi connectivity index (χ2v) is 6.38. The zero-order valence-electron chi connectivity index (χ0n) is 14.7. The van der Waals surface area contributed by atoms with Gasteiger partial charge in [-0.25, -0.2) is 9.78 Å². The average Bonchev–Trinajstić information content (AvgIpc) is 2.71. The Labute approximate surface area is 160 Å². The third-order valence-electron chi connectivity index (χ3n) is 4.41. The lowest BCUT2D eigenvalue weighted by Crippen LogP contribution is -2.09. The van der Waals surface area contributed by atoms with Crippen molar-refractivity contribution < 1.29 is 19.0 Å². The van der Waals surface area contributed by atoms with E-state index in [0.29, 0.717) is 39.8 Å². The van der Waals surface area contributed by atoms with Gasteiger partial charge in [0.25, 0.3) is 0 Å². The first-order chi connectivity index (χ1) is 13.1. The van der Waals surface area contributed by atoms with Crippen molar-refractivity contribution in [1.82, 2.24) is 9.97 Å². The lowest BCUT2D eigenvalue weighted by molar-refractivity contribution is 0.0600. The number of H-pyrrole nitrogens is 1. The minimum absolute atomic E-state index is 0.389. The van der Waals surface area contributed by atoms with Crippen molar-refractivity contribution in [1.29, 1.82) is 0 Å². The topological polar surface area (TPSA) is 73.4 Å². The van der Waals surface area contributed by atoms with Gasteiger partial charge in [0.1, 0.15) is 10.5 Å². The van der Waals surface area contributed by atoms with Gasteiger partial charge < -0.3 is 19.2 Å². The van der Waals surface area contributed by atoms with Gasteiger partial charge in [0.15, 0.2) is 11.5 Å². The molecule has 1 aliphatic rings. The van der Waals surface area contributed by atoms with Gasteiger partial charge in [0, 0.05) is 17.5 Å². The van der Waals surface area contributed by atoms with Crippen LogP contribution in [0, 0.1) is 4.64 Å². The molecule has 0 atom stereocenters. The number of hydrogen-bond donors (Lipinski definition) is 1. The predicted octanol–water partition coefficient (Wildman–Crippen LogP) is 4.30. The fraction of sp³-hybridized carbons (Fsp3) is 0.150. The molecule has 1 aliphatic heterocycles. The van der Waals surface area contributed by atoms with Crippen LogP contribution >= 0.6 is 12.2 Å². The molecule has 7 heteroatoms. The van der Waals surface area contributed by atoms with Crippen LogP contribution in [0.5, 0.6) is 17.4 Å². The van der Waals surface area contributed by atoms with Crippen molar-refractivity contribution in [3.8, 4) is 28.8 Å². The van der Waals surface area contributed by atoms with Crippen molar-refractivity contribution in [2.24, 2.45) is 0 Å². The molecule has 0 amide bonds. The number of hydrogen-bond acceptors (Lipinski definition) is 6. The highest BCUT2D eigenvalue weighted by atomic mass is 32.1.